The Morgan fingerprint density at radius 3 is 2.79 bits per heavy atom. The fourth-order valence-electron chi connectivity index (χ4n) is 3.90. The summed E-state index contributed by atoms with van der Waals surface area (Å²) in [5.74, 6) is 1.24. The molecule has 0 unspecified atom stereocenters. The molecule has 2 aliphatic rings. The summed E-state index contributed by atoms with van der Waals surface area (Å²) < 4.78 is 5.31. The van der Waals surface area contributed by atoms with E-state index in [1.807, 2.05) is 6.07 Å². The van der Waals surface area contributed by atoms with E-state index in [4.69, 9.17) is 10.3 Å². The smallest absolute Gasteiger partial charge is 0.227 e. The summed E-state index contributed by atoms with van der Waals surface area (Å²) in [5, 5.41) is 4.05. The third-order valence-corrected chi connectivity index (χ3v) is 5.40. The zero-order valence-electron chi connectivity index (χ0n) is 13.9. The minimum atomic E-state index is -0.439. The molecule has 0 aliphatic heterocycles. The lowest BCUT2D eigenvalue weighted by atomic mass is 9.98. The molecule has 0 saturated heterocycles. The Morgan fingerprint density at radius 2 is 1.96 bits per heavy atom. The molecule has 0 amide bonds. The summed E-state index contributed by atoms with van der Waals surface area (Å²) in [5.41, 5.74) is 9.41. The predicted molar refractivity (Wildman–Crippen MR) is 89.7 cm³/mol. The van der Waals surface area contributed by atoms with Crippen molar-refractivity contribution in [2.75, 3.05) is 0 Å². The Bertz CT molecular complexity index is 760. The molecule has 4 rings (SSSR count). The summed E-state index contributed by atoms with van der Waals surface area (Å²) in [6.07, 6.45) is 8.29. The number of carbonyl (C=O) groups is 1. The van der Waals surface area contributed by atoms with Gasteiger partial charge in [0, 0.05) is 18.4 Å². The second-order valence-corrected chi connectivity index (χ2v) is 7.14. The SMILES string of the molecule is NC1(c2noc(CCC(=O)c3ccc4c(c3)CCC4)n2)CCCC1. The maximum atomic E-state index is 12.4. The number of benzene rings is 1. The number of aryl methyl sites for hydroxylation is 3. The van der Waals surface area contributed by atoms with E-state index in [0.29, 0.717) is 24.6 Å². The highest BCUT2D eigenvalue weighted by Gasteiger charge is 2.35. The van der Waals surface area contributed by atoms with Crippen LogP contribution in [0.3, 0.4) is 0 Å². The van der Waals surface area contributed by atoms with E-state index < -0.39 is 5.54 Å². The van der Waals surface area contributed by atoms with Crippen molar-refractivity contribution >= 4 is 5.78 Å². The van der Waals surface area contributed by atoms with Crippen LogP contribution in [-0.4, -0.2) is 15.9 Å². The third kappa shape index (κ3) is 2.88. The number of nitrogens with zero attached hydrogens (tertiary/aromatic N) is 2. The first-order valence-electron chi connectivity index (χ1n) is 8.91. The summed E-state index contributed by atoms with van der Waals surface area (Å²) >= 11 is 0. The summed E-state index contributed by atoms with van der Waals surface area (Å²) in [4.78, 5) is 16.9. The number of hydrogen-bond donors (Lipinski definition) is 1. The van der Waals surface area contributed by atoms with Gasteiger partial charge in [-0.2, -0.15) is 4.98 Å². The standard InChI is InChI=1S/C19H23N3O2/c20-19(10-1-2-11-19)18-21-17(24-22-18)9-8-16(23)15-7-6-13-4-3-5-14(13)12-15/h6-7,12H,1-5,8-11,20H2. The Balaban J connectivity index is 1.40. The van der Waals surface area contributed by atoms with Crippen LogP contribution in [0.1, 0.15) is 71.7 Å². The van der Waals surface area contributed by atoms with Crippen molar-refractivity contribution in [3.8, 4) is 0 Å². The predicted octanol–water partition coefficient (Wildman–Crippen LogP) is 3.10. The van der Waals surface area contributed by atoms with Crippen molar-refractivity contribution < 1.29 is 9.32 Å². The number of hydrogen-bond acceptors (Lipinski definition) is 5. The summed E-state index contributed by atoms with van der Waals surface area (Å²) in [6.45, 7) is 0. The molecule has 1 aromatic carbocycles. The summed E-state index contributed by atoms with van der Waals surface area (Å²) in [6, 6.07) is 6.09. The molecular weight excluding hydrogens is 302 g/mol. The topological polar surface area (TPSA) is 82.0 Å². The number of aromatic nitrogens is 2. The monoisotopic (exact) mass is 325 g/mol. The van der Waals surface area contributed by atoms with Gasteiger partial charge in [-0.3, -0.25) is 4.79 Å². The molecule has 5 heteroatoms. The molecular formula is C19H23N3O2. The van der Waals surface area contributed by atoms with E-state index in [1.54, 1.807) is 0 Å². The molecule has 5 nitrogen and oxygen atoms in total. The lowest BCUT2D eigenvalue weighted by Gasteiger charge is -2.17. The van der Waals surface area contributed by atoms with Gasteiger partial charge in [0.05, 0.1) is 5.54 Å². The Morgan fingerprint density at radius 1 is 1.17 bits per heavy atom. The molecule has 1 saturated carbocycles. The number of nitrogens with two attached hydrogens (primary N) is 1. The number of fused-ring (bicyclic) bond motifs is 1. The van der Waals surface area contributed by atoms with Gasteiger partial charge in [0.1, 0.15) is 0 Å². The van der Waals surface area contributed by atoms with Crippen LogP contribution in [0, 0.1) is 0 Å². The average molecular weight is 325 g/mol. The van der Waals surface area contributed by atoms with E-state index in [2.05, 4.69) is 22.3 Å². The largest absolute Gasteiger partial charge is 0.339 e. The molecule has 0 spiro atoms. The molecule has 0 bridgehead atoms. The second kappa shape index (κ2) is 6.13. The highest BCUT2D eigenvalue weighted by Crippen LogP contribution is 2.34. The average Bonchev–Trinajstić information content (AvgIpc) is 3.32. The van der Waals surface area contributed by atoms with E-state index >= 15 is 0 Å². The van der Waals surface area contributed by atoms with E-state index in [9.17, 15) is 4.79 Å². The molecule has 2 N–H and O–H groups in total. The maximum Gasteiger partial charge on any atom is 0.227 e. The molecule has 0 radical (unpaired) electrons. The molecule has 2 aromatic rings. The van der Waals surface area contributed by atoms with Gasteiger partial charge in [-0.25, -0.2) is 0 Å². The van der Waals surface area contributed by atoms with Gasteiger partial charge in [0.2, 0.25) is 5.89 Å². The number of ketones is 1. The third-order valence-electron chi connectivity index (χ3n) is 5.40. The second-order valence-electron chi connectivity index (χ2n) is 7.14. The van der Waals surface area contributed by atoms with Crippen LogP contribution in [-0.2, 0) is 24.8 Å². The van der Waals surface area contributed by atoms with Crippen LogP contribution >= 0.6 is 0 Å². The molecule has 126 valence electrons. The Labute approximate surface area is 141 Å². The van der Waals surface area contributed by atoms with Gasteiger partial charge >= 0.3 is 0 Å². The lowest BCUT2D eigenvalue weighted by molar-refractivity contribution is 0.0979. The normalized spacial score (nSPS) is 18.7. The molecule has 0 atom stereocenters. The molecule has 2 aliphatic carbocycles. The van der Waals surface area contributed by atoms with Crippen molar-refractivity contribution in [2.24, 2.45) is 5.73 Å². The summed E-state index contributed by atoms with van der Waals surface area (Å²) in [7, 11) is 0. The number of rotatable bonds is 5. The van der Waals surface area contributed by atoms with Crippen molar-refractivity contribution in [1.29, 1.82) is 0 Å². The van der Waals surface area contributed by atoms with Crippen molar-refractivity contribution in [1.82, 2.24) is 10.1 Å². The van der Waals surface area contributed by atoms with Gasteiger partial charge in [-0.15, -0.1) is 0 Å². The van der Waals surface area contributed by atoms with E-state index in [-0.39, 0.29) is 5.78 Å². The fraction of sp³-hybridized carbons (Fsp3) is 0.526. The van der Waals surface area contributed by atoms with Crippen molar-refractivity contribution in [3.05, 3.63) is 46.6 Å². The zero-order chi connectivity index (χ0) is 16.6. The Kier molecular flexibility index (Phi) is 3.96. The van der Waals surface area contributed by atoms with Gasteiger partial charge in [0.25, 0.3) is 0 Å². The molecule has 1 aromatic heterocycles. The van der Waals surface area contributed by atoms with Crippen LogP contribution < -0.4 is 5.73 Å². The minimum Gasteiger partial charge on any atom is -0.339 e. The van der Waals surface area contributed by atoms with Crippen LogP contribution in [0.2, 0.25) is 0 Å². The van der Waals surface area contributed by atoms with Crippen molar-refractivity contribution in [2.45, 2.75) is 63.3 Å². The van der Waals surface area contributed by atoms with Gasteiger partial charge < -0.3 is 10.3 Å². The first-order valence-corrected chi connectivity index (χ1v) is 8.91. The molecule has 1 fully saturated rings. The maximum absolute atomic E-state index is 12.4. The molecule has 1 heterocycles. The van der Waals surface area contributed by atoms with Gasteiger partial charge in [-0.05, 0) is 49.3 Å². The van der Waals surface area contributed by atoms with Crippen LogP contribution in [0.15, 0.2) is 22.7 Å². The van der Waals surface area contributed by atoms with Crippen LogP contribution in [0.25, 0.3) is 0 Å². The van der Waals surface area contributed by atoms with E-state index in [1.165, 1.54) is 17.5 Å². The highest BCUT2D eigenvalue weighted by molar-refractivity contribution is 5.96. The van der Waals surface area contributed by atoms with Crippen LogP contribution in [0.4, 0.5) is 0 Å². The Hall–Kier alpha value is -2.01. The first-order chi connectivity index (χ1) is 11.6. The van der Waals surface area contributed by atoms with Gasteiger partial charge in [0.15, 0.2) is 11.6 Å². The van der Waals surface area contributed by atoms with Gasteiger partial charge in [-0.1, -0.05) is 30.1 Å². The fourth-order valence-corrected chi connectivity index (χ4v) is 3.90. The minimum absolute atomic E-state index is 0.132. The zero-order valence-corrected chi connectivity index (χ0v) is 13.9. The number of carbonyl (C=O) groups excluding carboxylic acids is 1. The first kappa shape index (κ1) is 15.5. The molecule has 24 heavy (non-hydrogen) atoms. The van der Waals surface area contributed by atoms with Crippen LogP contribution in [0.5, 0.6) is 0 Å². The number of Topliss-reactive ketones (excluding diaryl/α,β-unsaturated/α-hetero) is 1. The van der Waals surface area contributed by atoms with E-state index in [0.717, 1.165) is 44.1 Å². The quantitative estimate of drug-likeness (QED) is 0.854. The van der Waals surface area contributed by atoms with Crippen molar-refractivity contribution in [3.63, 3.8) is 0 Å². The highest BCUT2D eigenvalue weighted by atomic mass is 16.5. The lowest BCUT2D eigenvalue weighted by Crippen LogP contribution is -2.34.